The van der Waals surface area contributed by atoms with E-state index in [0.29, 0.717) is 15.9 Å². The van der Waals surface area contributed by atoms with Crippen LogP contribution >= 0.6 is 23.1 Å². The van der Waals surface area contributed by atoms with Crippen LogP contribution in [0.3, 0.4) is 0 Å². The maximum atomic E-state index is 12.0. The van der Waals surface area contributed by atoms with Gasteiger partial charge in [0.1, 0.15) is 6.54 Å². The molecule has 1 aliphatic rings. The average molecular weight is 368 g/mol. The van der Waals surface area contributed by atoms with Gasteiger partial charge in [-0.25, -0.2) is 0 Å². The van der Waals surface area contributed by atoms with Gasteiger partial charge in [-0.05, 0) is 12.8 Å². The third-order valence-electron chi connectivity index (χ3n) is 2.90. The molecule has 0 saturated heterocycles. The summed E-state index contributed by atoms with van der Waals surface area (Å²) < 4.78 is 36.4. The number of rotatable bonds is 7. The van der Waals surface area contributed by atoms with Gasteiger partial charge in [0.2, 0.25) is 16.9 Å². The van der Waals surface area contributed by atoms with Crippen LogP contribution in [0.15, 0.2) is 4.34 Å². The van der Waals surface area contributed by atoms with Crippen molar-refractivity contribution in [3.05, 3.63) is 0 Å². The van der Waals surface area contributed by atoms with E-state index in [4.69, 9.17) is 0 Å². The molecule has 1 saturated carbocycles. The molecule has 0 atom stereocenters. The third kappa shape index (κ3) is 5.65. The second-order valence-electron chi connectivity index (χ2n) is 4.88. The van der Waals surface area contributed by atoms with Crippen molar-refractivity contribution in [2.24, 2.45) is 0 Å². The molecule has 0 spiro atoms. The normalized spacial score (nSPS) is 14.6. The first-order valence-electron chi connectivity index (χ1n) is 6.92. The van der Waals surface area contributed by atoms with Crippen molar-refractivity contribution >= 4 is 40.0 Å². The summed E-state index contributed by atoms with van der Waals surface area (Å²) in [6.45, 7) is 0.410. The molecule has 128 valence electrons. The number of anilines is 1. The minimum atomic E-state index is -4.43. The quantitative estimate of drug-likeness (QED) is 0.590. The van der Waals surface area contributed by atoms with E-state index in [1.807, 2.05) is 0 Å². The lowest BCUT2D eigenvalue weighted by Crippen LogP contribution is -2.34. The van der Waals surface area contributed by atoms with Crippen molar-refractivity contribution in [3.8, 4) is 0 Å². The number of alkyl halides is 3. The molecule has 2 amide bonds. The van der Waals surface area contributed by atoms with Crippen molar-refractivity contribution in [2.45, 2.75) is 42.7 Å². The fourth-order valence-electron chi connectivity index (χ4n) is 1.70. The van der Waals surface area contributed by atoms with Crippen LogP contribution in [0.4, 0.5) is 18.3 Å². The molecule has 1 heterocycles. The van der Waals surface area contributed by atoms with E-state index in [0.717, 1.165) is 35.9 Å². The van der Waals surface area contributed by atoms with E-state index in [9.17, 15) is 22.8 Å². The molecule has 1 aromatic rings. The highest BCUT2D eigenvalue weighted by molar-refractivity contribution is 8.01. The molecule has 0 aromatic carbocycles. The van der Waals surface area contributed by atoms with Crippen LogP contribution in [0.25, 0.3) is 0 Å². The summed E-state index contributed by atoms with van der Waals surface area (Å²) in [7, 11) is 0. The summed E-state index contributed by atoms with van der Waals surface area (Å²) in [6, 6.07) is 0.156. The Morgan fingerprint density at radius 2 is 2.09 bits per heavy atom. The molecule has 1 fully saturated rings. The van der Waals surface area contributed by atoms with Crippen molar-refractivity contribution in [3.63, 3.8) is 0 Å². The number of amides is 2. The third-order valence-corrected chi connectivity index (χ3v) is 4.95. The average Bonchev–Trinajstić information content (AvgIpc) is 3.20. The zero-order valence-corrected chi connectivity index (χ0v) is 13.9. The van der Waals surface area contributed by atoms with Gasteiger partial charge in [0.15, 0.2) is 4.34 Å². The molecular formula is C12H15F3N4O2S2. The zero-order valence-electron chi connectivity index (χ0n) is 12.2. The van der Waals surface area contributed by atoms with E-state index in [2.05, 4.69) is 10.2 Å². The Kier molecular flexibility index (Phi) is 5.84. The highest BCUT2D eigenvalue weighted by Gasteiger charge is 2.35. The fourth-order valence-corrected chi connectivity index (χ4v) is 3.46. The highest BCUT2D eigenvalue weighted by Crippen LogP contribution is 2.36. The van der Waals surface area contributed by atoms with Crippen molar-refractivity contribution in [1.29, 1.82) is 0 Å². The standard InChI is InChI=1S/C12H15F3N4O2S2/c1-2-9(21)19(7-3-4-7)10-17-18-11(23-10)22-5-8(20)16-6-12(13,14)15/h7H,2-6H2,1H3,(H,16,20). The van der Waals surface area contributed by atoms with Crippen LogP contribution in [-0.4, -0.2) is 46.5 Å². The first kappa shape index (κ1) is 18.0. The van der Waals surface area contributed by atoms with E-state index in [1.54, 1.807) is 17.1 Å². The molecule has 1 aliphatic carbocycles. The zero-order chi connectivity index (χ0) is 17.0. The minimum Gasteiger partial charge on any atom is -0.346 e. The van der Waals surface area contributed by atoms with Gasteiger partial charge in [-0.15, -0.1) is 10.2 Å². The van der Waals surface area contributed by atoms with Gasteiger partial charge in [-0.3, -0.25) is 14.5 Å². The monoisotopic (exact) mass is 368 g/mol. The van der Waals surface area contributed by atoms with Crippen LogP contribution in [0.5, 0.6) is 0 Å². The molecule has 6 nitrogen and oxygen atoms in total. The Hall–Kier alpha value is -1.36. The number of hydrogen-bond acceptors (Lipinski definition) is 6. The van der Waals surface area contributed by atoms with E-state index < -0.39 is 18.6 Å². The Bertz CT molecular complexity index is 575. The number of thioether (sulfide) groups is 1. The molecule has 0 bridgehead atoms. The van der Waals surface area contributed by atoms with E-state index in [-0.39, 0.29) is 17.7 Å². The molecule has 0 unspecified atom stereocenters. The van der Waals surface area contributed by atoms with Crippen molar-refractivity contribution in [2.75, 3.05) is 17.2 Å². The lowest BCUT2D eigenvalue weighted by Gasteiger charge is -2.17. The summed E-state index contributed by atoms with van der Waals surface area (Å²) in [5.74, 6) is -0.952. The van der Waals surface area contributed by atoms with Gasteiger partial charge in [-0.1, -0.05) is 30.0 Å². The number of hydrogen-bond donors (Lipinski definition) is 1. The van der Waals surface area contributed by atoms with Crippen LogP contribution in [-0.2, 0) is 9.59 Å². The predicted molar refractivity (Wildman–Crippen MR) is 80.5 cm³/mol. The summed E-state index contributed by atoms with van der Waals surface area (Å²) in [5, 5.41) is 10.1. The lowest BCUT2D eigenvalue weighted by atomic mass is 10.4. The number of carbonyl (C=O) groups excluding carboxylic acids is 2. The topological polar surface area (TPSA) is 75.2 Å². The van der Waals surface area contributed by atoms with Gasteiger partial charge in [-0.2, -0.15) is 13.2 Å². The molecule has 2 rings (SSSR count). The Balaban J connectivity index is 1.87. The molecular weight excluding hydrogens is 353 g/mol. The van der Waals surface area contributed by atoms with Gasteiger partial charge in [0.05, 0.1) is 5.75 Å². The summed E-state index contributed by atoms with van der Waals surface area (Å²) >= 11 is 2.16. The van der Waals surface area contributed by atoms with E-state index >= 15 is 0 Å². The number of halogens is 3. The molecule has 23 heavy (non-hydrogen) atoms. The number of nitrogens with one attached hydrogen (secondary N) is 1. The maximum absolute atomic E-state index is 12.0. The first-order chi connectivity index (χ1) is 10.8. The SMILES string of the molecule is CCC(=O)N(c1nnc(SCC(=O)NCC(F)(F)F)s1)C1CC1. The molecule has 1 N–H and O–H groups in total. The van der Waals surface area contributed by atoms with Gasteiger partial charge in [0.25, 0.3) is 0 Å². The highest BCUT2D eigenvalue weighted by atomic mass is 32.2. The van der Waals surface area contributed by atoms with Crippen molar-refractivity contribution in [1.82, 2.24) is 15.5 Å². The van der Waals surface area contributed by atoms with Gasteiger partial charge in [0, 0.05) is 12.5 Å². The van der Waals surface area contributed by atoms with Crippen LogP contribution in [0.2, 0.25) is 0 Å². The second-order valence-corrected chi connectivity index (χ2v) is 7.06. The van der Waals surface area contributed by atoms with Crippen molar-refractivity contribution < 1.29 is 22.8 Å². The smallest absolute Gasteiger partial charge is 0.346 e. The largest absolute Gasteiger partial charge is 0.405 e. The Labute approximate surface area is 138 Å². The predicted octanol–water partition coefficient (Wildman–Crippen LogP) is 2.21. The van der Waals surface area contributed by atoms with Crippen LogP contribution in [0, 0.1) is 0 Å². The molecule has 11 heteroatoms. The lowest BCUT2D eigenvalue weighted by molar-refractivity contribution is -0.136. The maximum Gasteiger partial charge on any atom is 0.405 e. The van der Waals surface area contributed by atoms with Crippen LogP contribution < -0.4 is 10.2 Å². The molecule has 1 aromatic heterocycles. The number of aromatic nitrogens is 2. The molecule has 0 aliphatic heterocycles. The van der Waals surface area contributed by atoms with Gasteiger partial charge >= 0.3 is 6.18 Å². The van der Waals surface area contributed by atoms with Gasteiger partial charge < -0.3 is 5.32 Å². The van der Waals surface area contributed by atoms with Crippen LogP contribution in [0.1, 0.15) is 26.2 Å². The number of nitrogens with zero attached hydrogens (tertiary/aromatic N) is 3. The summed E-state index contributed by atoms with van der Waals surface area (Å²) in [5.41, 5.74) is 0. The Morgan fingerprint density at radius 3 is 2.65 bits per heavy atom. The van der Waals surface area contributed by atoms with E-state index in [1.165, 1.54) is 0 Å². The number of carbonyl (C=O) groups is 2. The summed E-state index contributed by atoms with van der Waals surface area (Å²) in [4.78, 5) is 24.9. The first-order valence-corrected chi connectivity index (χ1v) is 8.72. The summed E-state index contributed by atoms with van der Waals surface area (Å²) in [6.07, 6.45) is -2.22. The second kappa shape index (κ2) is 7.47. The minimum absolute atomic E-state index is 0.0388. The fraction of sp³-hybridized carbons (Fsp3) is 0.667. The Morgan fingerprint density at radius 1 is 1.39 bits per heavy atom. The molecule has 0 radical (unpaired) electrons.